The summed E-state index contributed by atoms with van der Waals surface area (Å²) in [5.74, 6) is -0.922. The first-order valence-corrected chi connectivity index (χ1v) is 7.11. The van der Waals surface area contributed by atoms with Gasteiger partial charge in [-0.1, -0.05) is 15.9 Å². The minimum atomic E-state index is -0.678. The van der Waals surface area contributed by atoms with Gasteiger partial charge in [0.05, 0.1) is 23.3 Å². The Morgan fingerprint density at radius 3 is 2.57 bits per heavy atom. The van der Waals surface area contributed by atoms with E-state index in [1.165, 1.54) is 25.5 Å². The SMILES string of the molecule is COC(=O)c1ccc(N=Cc2cc(Br)cc([N+](=O)[O-])c2O)cc1. The van der Waals surface area contributed by atoms with Crippen molar-refractivity contribution < 1.29 is 19.6 Å². The maximum Gasteiger partial charge on any atom is 0.337 e. The van der Waals surface area contributed by atoms with Crippen LogP contribution in [0.15, 0.2) is 45.9 Å². The van der Waals surface area contributed by atoms with Gasteiger partial charge in [0.25, 0.3) is 0 Å². The van der Waals surface area contributed by atoms with Crippen molar-refractivity contribution in [1.82, 2.24) is 0 Å². The van der Waals surface area contributed by atoms with Gasteiger partial charge < -0.3 is 9.84 Å². The van der Waals surface area contributed by atoms with Crippen LogP contribution in [0.4, 0.5) is 11.4 Å². The third-order valence-corrected chi connectivity index (χ3v) is 3.38. The Bertz CT molecular complexity index is 787. The molecule has 0 saturated heterocycles. The summed E-state index contributed by atoms with van der Waals surface area (Å²) in [6.07, 6.45) is 1.31. The summed E-state index contributed by atoms with van der Waals surface area (Å²) in [5.41, 5.74) is 0.678. The number of carbonyl (C=O) groups excluding carboxylic acids is 1. The van der Waals surface area contributed by atoms with Crippen LogP contribution in [0.5, 0.6) is 5.75 Å². The smallest absolute Gasteiger partial charge is 0.337 e. The predicted octanol–water partition coefficient (Wildman–Crippen LogP) is 3.60. The molecular weight excluding hydrogens is 368 g/mol. The number of hydrogen-bond donors (Lipinski definition) is 1. The summed E-state index contributed by atoms with van der Waals surface area (Å²) < 4.78 is 5.04. The molecule has 0 saturated carbocycles. The minimum Gasteiger partial charge on any atom is -0.502 e. The molecule has 0 unspecified atom stereocenters. The third-order valence-electron chi connectivity index (χ3n) is 2.92. The molecular formula is C15H11BrN2O5. The predicted molar refractivity (Wildman–Crippen MR) is 87.5 cm³/mol. The lowest BCUT2D eigenvalue weighted by molar-refractivity contribution is -0.385. The molecule has 1 N–H and O–H groups in total. The zero-order valence-electron chi connectivity index (χ0n) is 11.9. The van der Waals surface area contributed by atoms with E-state index in [2.05, 4.69) is 25.7 Å². The van der Waals surface area contributed by atoms with Gasteiger partial charge >= 0.3 is 11.7 Å². The van der Waals surface area contributed by atoms with Gasteiger partial charge in [-0.2, -0.15) is 0 Å². The molecule has 2 aromatic rings. The van der Waals surface area contributed by atoms with Crippen LogP contribution >= 0.6 is 15.9 Å². The van der Waals surface area contributed by atoms with E-state index in [4.69, 9.17) is 0 Å². The number of rotatable bonds is 4. The van der Waals surface area contributed by atoms with Crippen LogP contribution in [0.2, 0.25) is 0 Å². The summed E-state index contributed by atoms with van der Waals surface area (Å²) >= 11 is 3.15. The summed E-state index contributed by atoms with van der Waals surface area (Å²) in [6.45, 7) is 0. The van der Waals surface area contributed by atoms with Gasteiger partial charge in [0.2, 0.25) is 5.75 Å². The van der Waals surface area contributed by atoms with E-state index in [1.807, 2.05) is 0 Å². The highest BCUT2D eigenvalue weighted by atomic mass is 79.9. The average Bonchev–Trinajstić information content (AvgIpc) is 2.54. The zero-order valence-corrected chi connectivity index (χ0v) is 13.5. The molecule has 0 spiro atoms. The fourth-order valence-electron chi connectivity index (χ4n) is 1.79. The molecule has 7 nitrogen and oxygen atoms in total. The monoisotopic (exact) mass is 378 g/mol. The third kappa shape index (κ3) is 3.92. The number of aromatic hydroxyl groups is 1. The van der Waals surface area contributed by atoms with Crippen LogP contribution in [-0.2, 0) is 4.74 Å². The molecule has 0 aromatic heterocycles. The first kappa shape index (κ1) is 16.6. The highest BCUT2D eigenvalue weighted by Crippen LogP contribution is 2.32. The molecule has 0 aliphatic rings. The van der Waals surface area contributed by atoms with Gasteiger partial charge in [0.15, 0.2) is 0 Å². The second-order valence-electron chi connectivity index (χ2n) is 4.42. The largest absolute Gasteiger partial charge is 0.502 e. The molecule has 0 fully saturated rings. The Labute approximate surface area is 139 Å². The van der Waals surface area contributed by atoms with Crippen molar-refractivity contribution in [2.75, 3.05) is 7.11 Å². The van der Waals surface area contributed by atoms with Crippen molar-refractivity contribution in [2.45, 2.75) is 0 Å². The van der Waals surface area contributed by atoms with Crippen LogP contribution < -0.4 is 0 Å². The minimum absolute atomic E-state index is 0.197. The Morgan fingerprint density at radius 2 is 2.00 bits per heavy atom. The van der Waals surface area contributed by atoms with Crippen LogP contribution in [0.3, 0.4) is 0 Å². The van der Waals surface area contributed by atoms with Gasteiger partial charge in [-0.3, -0.25) is 15.1 Å². The van der Waals surface area contributed by atoms with Gasteiger partial charge in [-0.05, 0) is 30.3 Å². The lowest BCUT2D eigenvalue weighted by Gasteiger charge is -2.02. The molecule has 0 aliphatic carbocycles. The number of nitro benzene ring substituents is 1. The van der Waals surface area contributed by atoms with Gasteiger partial charge in [-0.25, -0.2) is 4.79 Å². The number of benzene rings is 2. The fraction of sp³-hybridized carbons (Fsp3) is 0.0667. The van der Waals surface area contributed by atoms with E-state index in [-0.39, 0.29) is 5.56 Å². The zero-order chi connectivity index (χ0) is 17.0. The number of esters is 1. The maximum absolute atomic E-state index is 11.3. The Kier molecular flexibility index (Phi) is 5.07. The maximum atomic E-state index is 11.3. The van der Waals surface area contributed by atoms with E-state index in [9.17, 15) is 20.0 Å². The summed E-state index contributed by atoms with van der Waals surface area (Å²) in [7, 11) is 1.29. The number of hydrogen-bond acceptors (Lipinski definition) is 6. The average molecular weight is 379 g/mol. The van der Waals surface area contributed by atoms with Crippen molar-refractivity contribution in [3.05, 3.63) is 62.1 Å². The molecule has 8 heteroatoms. The van der Waals surface area contributed by atoms with E-state index in [1.54, 1.807) is 24.3 Å². The Balaban J connectivity index is 2.30. The van der Waals surface area contributed by atoms with Crippen molar-refractivity contribution in [1.29, 1.82) is 0 Å². The number of ether oxygens (including phenoxy) is 1. The van der Waals surface area contributed by atoms with Gasteiger partial charge in [0, 0.05) is 22.3 Å². The summed E-state index contributed by atoms with van der Waals surface area (Å²) in [4.78, 5) is 25.6. The molecule has 0 heterocycles. The molecule has 0 radical (unpaired) electrons. The van der Waals surface area contributed by atoms with E-state index in [0.717, 1.165) is 0 Å². The molecule has 23 heavy (non-hydrogen) atoms. The summed E-state index contributed by atoms with van der Waals surface area (Å²) in [5, 5.41) is 20.8. The summed E-state index contributed by atoms with van der Waals surface area (Å²) in [6, 6.07) is 8.98. The lowest BCUT2D eigenvalue weighted by Crippen LogP contribution is -1.99. The molecule has 0 amide bonds. The molecule has 0 bridgehead atoms. The number of phenolic OH excluding ortho intramolecular Hbond substituents is 1. The number of nitro groups is 1. The molecule has 0 aliphatic heterocycles. The van der Waals surface area contributed by atoms with Crippen molar-refractivity contribution in [2.24, 2.45) is 4.99 Å². The number of phenols is 1. The second-order valence-corrected chi connectivity index (χ2v) is 5.33. The van der Waals surface area contributed by atoms with E-state index >= 15 is 0 Å². The normalized spacial score (nSPS) is 10.7. The number of carbonyl (C=O) groups is 1. The van der Waals surface area contributed by atoms with Crippen LogP contribution in [-0.4, -0.2) is 29.3 Å². The van der Waals surface area contributed by atoms with Gasteiger partial charge in [-0.15, -0.1) is 0 Å². The van der Waals surface area contributed by atoms with Crippen molar-refractivity contribution in [3.63, 3.8) is 0 Å². The first-order valence-electron chi connectivity index (χ1n) is 6.31. The van der Waals surface area contributed by atoms with Crippen molar-refractivity contribution in [3.8, 4) is 5.75 Å². The number of methoxy groups -OCH3 is 1. The van der Waals surface area contributed by atoms with Crippen LogP contribution in [0, 0.1) is 10.1 Å². The number of halogens is 1. The van der Waals surface area contributed by atoms with E-state index in [0.29, 0.717) is 15.7 Å². The van der Waals surface area contributed by atoms with Crippen LogP contribution in [0.25, 0.3) is 0 Å². The topological polar surface area (TPSA) is 102 Å². The fourth-order valence-corrected chi connectivity index (χ4v) is 2.25. The van der Waals surface area contributed by atoms with Crippen molar-refractivity contribution >= 4 is 39.5 Å². The van der Waals surface area contributed by atoms with E-state index < -0.39 is 22.3 Å². The van der Waals surface area contributed by atoms with Gasteiger partial charge in [0.1, 0.15) is 0 Å². The van der Waals surface area contributed by atoms with Crippen LogP contribution in [0.1, 0.15) is 15.9 Å². The highest BCUT2D eigenvalue weighted by molar-refractivity contribution is 9.10. The Hall–Kier alpha value is -2.74. The first-order chi connectivity index (χ1) is 10.9. The molecule has 2 rings (SSSR count). The lowest BCUT2D eigenvalue weighted by atomic mass is 10.2. The highest BCUT2D eigenvalue weighted by Gasteiger charge is 2.17. The number of nitrogens with zero attached hydrogens (tertiary/aromatic N) is 2. The second kappa shape index (κ2) is 7.01. The quantitative estimate of drug-likeness (QED) is 0.379. The molecule has 118 valence electrons. The number of aliphatic imine (C=N–C) groups is 1. The Morgan fingerprint density at radius 1 is 1.35 bits per heavy atom. The molecule has 2 aromatic carbocycles. The standard InChI is InChI=1S/C15H11BrN2O5/c1-23-15(20)9-2-4-12(5-3-9)17-8-10-6-11(16)7-13(14(10)19)18(21)22/h2-8,19H,1H3. The molecule has 0 atom stereocenters.